The van der Waals surface area contributed by atoms with Crippen molar-refractivity contribution in [2.45, 2.75) is 13.8 Å². The molecule has 0 unspecified atom stereocenters. The Balaban J connectivity index is 1.84. The lowest BCUT2D eigenvalue weighted by Gasteiger charge is -2.11. The summed E-state index contributed by atoms with van der Waals surface area (Å²) in [5, 5.41) is 7.22. The van der Waals surface area contributed by atoms with E-state index in [0.29, 0.717) is 11.0 Å². The summed E-state index contributed by atoms with van der Waals surface area (Å²) in [5.74, 6) is 1.30. The van der Waals surface area contributed by atoms with Gasteiger partial charge in [0.2, 0.25) is 5.95 Å². The smallest absolute Gasteiger partial charge is 0.229 e. The topological polar surface area (TPSA) is 49.8 Å². The van der Waals surface area contributed by atoms with Crippen LogP contribution in [-0.2, 0) is 0 Å². The lowest BCUT2D eigenvalue weighted by Crippen LogP contribution is -2.02. The van der Waals surface area contributed by atoms with E-state index in [2.05, 4.69) is 33.6 Å². The second-order valence-electron chi connectivity index (χ2n) is 5.29. The van der Waals surface area contributed by atoms with Gasteiger partial charge in [-0.3, -0.25) is 0 Å². The van der Waals surface area contributed by atoms with Gasteiger partial charge in [-0.2, -0.15) is 4.98 Å². The summed E-state index contributed by atoms with van der Waals surface area (Å²) in [4.78, 5) is 8.94. The molecule has 5 heteroatoms. The van der Waals surface area contributed by atoms with Gasteiger partial charge in [-0.1, -0.05) is 29.8 Å². The minimum absolute atomic E-state index is 0.545. The SMILES string of the molecule is Cc1cc(Nc2ccccc2C)nc(Nc2ccc(Cl)cc2)n1. The van der Waals surface area contributed by atoms with Gasteiger partial charge in [0, 0.05) is 28.2 Å². The van der Waals surface area contributed by atoms with E-state index in [1.165, 1.54) is 0 Å². The summed E-state index contributed by atoms with van der Waals surface area (Å²) in [7, 11) is 0. The predicted molar refractivity (Wildman–Crippen MR) is 96.0 cm³/mol. The number of nitrogens with zero attached hydrogens (tertiary/aromatic N) is 2. The molecular formula is C18H17ClN4. The molecule has 0 spiro atoms. The molecule has 1 heterocycles. The minimum Gasteiger partial charge on any atom is -0.340 e. The van der Waals surface area contributed by atoms with Crippen molar-refractivity contribution in [1.82, 2.24) is 9.97 Å². The van der Waals surface area contributed by atoms with E-state index in [-0.39, 0.29) is 0 Å². The first-order valence-corrected chi connectivity index (χ1v) is 7.69. The summed E-state index contributed by atoms with van der Waals surface area (Å²) < 4.78 is 0. The molecule has 0 saturated heterocycles. The highest BCUT2D eigenvalue weighted by molar-refractivity contribution is 6.30. The normalized spacial score (nSPS) is 10.4. The first-order chi connectivity index (χ1) is 11.1. The summed E-state index contributed by atoms with van der Waals surface area (Å²) in [6.45, 7) is 4.00. The number of aryl methyl sites for hydroxylation is 2. The van der Waals surface area contributed by atoms with Gasteiger partial charge >= 0.3 is 0 Å². The van der Waals surface area contributed by atoms with E-state index in [0.717, 1.165) is 28.5 Å². The molecule has 0 amide bonds. The Hall–Kier alpha value is -2.59. The van der Waals surface area contributed by atoms with Crippen molar-refractivity contribution in [1.29, 1.82) is 0 Å². The lowest BCUT2D eigenvalue weighted by molar-refractivity contribution is 1.11. The maximum absolute atomic E-state index is 5.90. The lowest BCUT2D eigenvalue weighted by atomic mass is 10.2. The van der Waals surface area contributed by atoms with Crippen LogP contribution in [0.1, 0.15) is 11.3 Å². The average molecular weight is 325 g/mol. The molecule has 0 saturated carbocycles. The van der Waals surface area contributed by atoms with Crippen LogP contribution in [-0.4, -0.2) is 9.97 Å². The van der Waals surface area contributed by atoms with Gasteiger partial charge in [-0.15, -0.1) is 0 Å². The molecule has 1 aromatic heterocycles. The van der Waals surface area contributed by atoms with Crippen molar-refractivity contribution in [3.8, 4) is 0 Å². The largest absolute Gasteiger partial charge is 0.340 e. The number of hydrogen-bond donors (Lipinski definition) is 2. The molecule has 0 bridgehead atoms. The van der Waals surface area contributed by atoms with E-state index in [1.54, 1.807) is 0 Å². The highest BCUT2D eigenvalue weighted by Gasteiger charge is 2.05. The van der Waals surface area contributed by atoms with Crippen LogP contribution in [0.5, 0.6) is 0 Å². The number of halogens is 1. The first kappa shape index (κ1) is 15.3. The van der Waals surface area contributed by atoms with Crippen molar-refractivity contribution < 1.29 is 0 Å². The van der Waals surface area contributed by atoms with E-state index in [9.17, 15) is 0 Å². The third kappa shape index (κ3) is 3.99. The van der Waals surface area contributed by atoms with Crippen LogP contribution in [0, 0.1) is 13.8 Å². The van der Waals surface area contributed by atoms with Gasteiger partial charge in [-0.05, 0) is 49.7 Å². The van der Waals surface area contributed by atoms with Gasteiger partial charge in [0.1, 0.15) is 5.82 Å². The van der Waals surface area contributed by atoms with Gasteiger partial charge in [0.25, 0.3) is 0 Å². The molecule has 0 atom stereocenters. The summed E-state index contributed by atoms with van der Waals surface area (Å²) >= 11 is 5.90. The van der Waals surface area contributed by atoms with Gasteiger partial charge in [-0.25, -0.2) is 4.98 Å². The third-order valence-corrected chi connectivity index (χ3v) is 3.61. The molecule has 0 fully saturated rings. The summed E-state index contributed by atoms with van der Waals surface area (Å²) in [6.07, 6.45) is 0. The highest BCUT2D eigenvalue weighted by atomic mass is 35.5. The van der Waals surface area contributed by atoms with Crippen molar-refractivity contribution in [2.75, 3.05) is 10.6 Å². The number of nitrogens with one attached hydrogen (secondary N) is 2. The zero-order valence-corrected chi connectivity index (χ0v) is 13.7. The van der Waals surface area contributed by atoms with Crippen LogP contribution in [0.15, 0.2) is 54.6 Å². The molecule has 116 valence electrons. The highest BCUT2D eigenvalue weighted by Crippen LogP contribution is 2.22. The average Bonchev–Trinajstić information content (AvgIpc) is 2.51. The van der Waals surface area contributed by atoms with E-state index in [4.69, 9.17) is 11.6 Å². The minimum atomic E-state index is 0.545. The standard InChI is InChI=1S/C18H17ClN4/c1-12-5-3-4-6-16(12)22-17-11-13(2)20-18(23-17)21-15-9-7-14(19)8-10-15/h3-11H,1-2H3,(H2,20,21,22,23). The Morgan fingerprint density at radius 3 is 2.35 bits per heavy atom. The Labute approximate surface area is 140 Å². The van der Waals surface area contributed by atoms with Crippen molar-refractivity contribution in [2.24, 2.45) is 0 Å². The molecule has 0 radical (unpaired) electrons. The van der Waals surface area contributed by atoms with Crippen LogP contribution in [0.2, 0.25) is 5.02 Å². The van der Waals surface area contributed by atoms with Crippen molar-refractivity contribution in [3.05, 3.63) is 70.9 Å². The molecule has 0 aliphatic heterocycles. The van der Waals surface area contributed by atoms with E-state index >= 15 is 0 Å². The number of benzene rings is 2. The van der Waals surface area contributed by atoms with Crippen LogP contribution in [0.25, 0.3) is 0 Å². The van der Waals surface area contributed by atoms with Crippen LogP contribution in [0.3, 0.4) is 0 Å². The van der Waals surface area contributed by atoms with Crippen LogP contribution >= 0.6 is 11.6 Å². The number of rotatable bonds is 4. The monoisotopic (exact) mass is 324 g/mol. The fourth-order valence-electron chi connectivity index (χ4n) is 2.20. The van der Waals surface area contributed by atoms with Gasteiger partial charge in [0.05, 0.1) is 0 Å². The molecule has 3 rings (SSSR count). The number of para-hydroxylation sites is 1. The number of anilines is 4. The van der Waals surface area contributed by atoms with Crippen LogP contribution < -0.4 is 10.6 Å². The van der Waals surface area contributed by atoms with Crippen molar-refractivity contribution >= 4 is 34.7 Å². The molecule has 0 aliphatic rings. The Morgan fingerprint density at radius 2 is 1.61 bits per heavy atom. The molecule has 3 aromatic rings. The molecular weight excluding hydrogens is 308 g/mol. The fourth-order valence-corrected chi connectivity index (χ4v) is 2.33. The molecule has 4 nitrogen and oxygen atoms in total. The maximum atomic E-state index is 5.90. The zero-order chi connectivity index (χ0) is 16.2. The second kappa shape index (κ2) is 6.67. The zero-order valence-electron chi connectivity index (χ0n) is 13.0. The maximum Gasteiger partial charge on any atom is 0.229 e. The predicted octanol–water partition coefficient (Wildman–Crippen LogP) is 5.23. The van der Waals surface area contributed by atoms with Gasteiger partial charge in [0.15, 0.2) is 0 Å². The van der Waals surface area contributed by atoms with Gasteiger partial charge < -0.3 is 10.6 Å². The molecule has 0 aliphatic carbocycles. The van der Waals surface area contributed by atoms with Crippen LogP contribution in [0.4, 0.5) is 23.1 Å². The summed E-state index contributed by atoms with van der Waals surface area (Å²) in [6, 6.07) is 17.4. The molecule has 2 aromatic carbocycles. The number of aromatic nitrogens is 2. The van der Waals surface area contributed by atoms with E-state index in [1.807, 2.05) is 55.5 Å². The Morgan fingerprint density at radius 1 is 0.870 bits per heavy atom. The quantitative estimate of drug-likeness (QED) is 0.689. The van der Waals surface area contributed by atoms with E-state index < -0.39 is 0 Å². The molecule has 23 heavy (non-hydrogen) atoms. The summed E-state index contributed by atoms with van der Waals surface area (Å²) in [5.41, 5.74) is 3.97. The number of hydrogen-bond acceptors (Lipinski definition) is 4. The fraction of sp³-hybridized carbons (Fsp3) is 0.111. The van der Waals surface area contributed by atoms with Crippen molar-refractivity contribution in [3.63, 3.8) is 0 Å². The second-order valence-corrected chi connectivity index (χ2v) is 5.73. The Bertz CT molecular complexity index is 816. The molecule has 2 N–H and O–H groups in total. The Kier molecular flexibility index (Phi) is 4.44. The third-order valence-electron chi connectivity index (χ3n) is 3.36. The first-order valence-electron chi connectivity index (χ1n) is 7.31.